The van der Waals surface area contributed by atoms with Crippen molar-refractivity contribution >= 4 is 22.9 Å². The Morgan fingerprint density at radius 1 is 1.44 bits per heavy atom. The van der Waals surface area contributed by atoms with Crippen LogP contribution in [-0.2, 0) is 4.74 Å². The Morgan fingerprint density at radius 3 is 2.88 bits per heavy atom. The zero-order chi connectivity index (χ0) is 18.2. The molecule has 0 unspecified atom stereocenters. The predicted molar refractivity (Wildman–Crippen MR) is 87.5 cm³/mol. The largest absolute Gasteiger partial charge is 0.445 e. The van der Waals surface area contributed by atoms with Gasteiger partial charge >= 0.3 is 12.2 Å². The lowest BCUT2D eigenvalue weighted by atomic mass is 10.2. The average molecular weight is 349 g/mol. The molecule has 1 amide bonds. The van der Waals surface area contributed by atoms with Gasteiger partial charge in [0.2, 0.25) is 0 Å². The molecule has 0 spiro atoms. The molecule has 1 saturated heterocycles. The summed E-state index contributed by atoms with van der Waals surface area (Å²) in [4.78, 5) is 28.0. The number of carbonyl (C=O) groups excluding carboxylic acids is 1. The van der Waals surface area contributed by atoms with E-state index in [2.05, 4.69) is 4.98 Å². The topological polar surface area (TPSA) is 108 Å². The van der Waals surface area contributed by atoms with E-state index in [9.17, 15) is 14.9 Å². The van der Waals surface area contributed by atoms with Crippen molar-refractivity contribution in [3.05, 3.63) is 28.3 Å². The third-order valence-corrected chi connectivity index (χ3v) is 3.63. The Balaban J connectivity index is 1.64. The van der Waals surface area contributed by atoms with Crippen LogP contribution in [0.25, 0.3) is 11.1 Å². The highest BCUT2D eigenvalue weighted by Crippen LogP contribution is 2.26. The van der Waals surface area contributed by atoms with Crippen molar-refractivity contribution in [1.82, 2.24) is 9.88 Å². The molecule has 2 heterocycles. The minimum absolute atomic E-state index is 0.0338. The number of ether oxygens (including phenoxy) is 2. The van der Waals surface area contributed by atoms with Gasteiger partial charge in [-0.25, -0.2) is 4.79 Å². The number of carbonyl (C=O) groups is 1. The van der Waals surface area contributed by atoms with Crippen molar-refractivity contribution < 1.29 is 23.6 Å². The van der Waals surface area contributed by atoms with Gasteiger partial charge in [0, 0.05) is 25.1 Å². The number of nitro groups is 1. The minimum atomic E-state index is -0.551. The molecule has 2 aromatic rings. The van der Waals surface area contributed by atoms with E-state index >= 15 is 0 Å². The van der Waals surface area contributed by atoms with Gasteiger partial charge in [-0.2, -0.15) is 4.98 Å². The lowest BCUT2D eigenvalue weighted by Gasteiger charge is -2.24. The van der Waals surface area contributed by atoms with E-state index in [1.54, 1.807) is 4.90 Å². The van der Waals surface area contributed by atoms with Crippen LogP contribution < -0.4 is 4.74 Å². The normalized spacial score (nSPS) is 17.7. The Bertz CT molecular complexity index is 810. The van der Waals surface area contributed by atoms with Crippen LogP contribution >= 0.6 is 0 Å². The molecule has 1 fully saturated rings. The third kappa shape index (κ3) is 3.98. The number of oxazole rings is 1. The van der Waals surface area contributed by atoms with Crippen LogP contribution in [0.3, 0.4) is 0 Å². The number of rotatable bonds is 3. The first-order valence-electron chi connectivity index (χ1n) is 7.91. The van der Waals surface area contributed by atoms with Gasteiger partial charge in [0.15, 0.2) is 5.58 Å². The monoisotopic (exact) mass is 349 g/mol. The highest BCUT2D eigenvalue weighted by atomic mass is 16.6. The maximum absolute atomic E-state index is 12.0. The summed E-state index contributed by atoms with van der Waals surface area (Å²) in [6.45, 7) is 6.32. The van der Waals surface area contributed by atoms with E-state index in [4.69, 9.17) is 13.9 Å². The van der Waals surface area contributed by atoms with Crippen LogP contribution in [-0.4, -0.2) is 45.7 Å². The summed E-state index contributed by atoms with van der Waals surface area (Å²) in [6, 6.07) is 4.15. The first-order valence-corrected chi connectivity index (χ1v) is 7.91. The number of nitrogens with zero attached hydrogens (tertiary/aromatic N) is 3. The number of hydrogen-bond donors (Lipinski definition) is 0. The maximum atomic E-state index is 12.0. The standard InChI is InChI=1S/C16H19N3O6/c1-16(2,3)25-15(20)18-7-6-11(9-18)23-14-17-12-8-10(19(21)22)4-5-13(12)24-14/h4-5,8,11H,6-7,9H2,1-3H3/t11-/m1/s1. The van der Waals surface area contributed by atoms with Gasteiger partial charge in [0.05, 0.1) is 11.5 Å². The summed E-state index contributed by atoms with van der Waals surface area (Å²) in [5.74, 6) is 0. The second-order valence-electron chi connectivity index (χ2n) is 6.84. The van der Waals surface area contributed by atoms with Crippen LogP contribution in [0.2, 0.25) is 0 Å². The van der Waals surface area contributed by atoms with E-state index in [0.29, 0.717) is 30.6 Å². The molecule has 1 aromatic heterocycles. The van der Waals surface area contributed by atoms with Gasteiger partial charge in [0.1, 0.15) is 17.2 Å². The van der Waals surface area contributed by atoms with Gasteiger partial charge in [-0.1, -0.05) is 0 Å². The summed E-state index contributed by atoms with van der Waals surface area (Å²) in [5.41, 5.74) is 0.142. The molecule has 0 saturated carbocycles. The highest BCUT2D eigenvalue weighted by Gasteiger charge is 2.31. The molecule has 0 bridgehead atoms. The zero-order valence-corrected chi connectivity index (χ0v) is 14.2. The number of likely N-dealkylation sites (tertiary alicyclic amines) is 1. The van der Waals surface area contributed by atoms with Crippen LogP contribution in [0.1, 0.15) is 27.2 Å². The number of amides is 1. The molecule has 0 N–H and O–H groups in total. The number of aromatic nitrogens is 1. The second kappa shape index (κ2) is 6.23. The summed E-state index contributed by atoms with van der Waals surface area (Å²) >= 11 is 0. The third-order valence-electron chi connectivity index (χ3n) is 3.63. The zero-order valence-electron chi connectivity index (χ0n) is 14.2. The molecule has 9 heteroatoms. The maximum Gasteiger partial charge on any atom is 0.410 e. The molecule has 3 rings (SSSR count). The van der Waals surface area contributed by atoms with Crippen LogP contribution in [0, 0.1) is 10.1 Å². The fourth-order valence-electron chi connectivity index (χ4n) is 2.52. The molecular formula is C16H19N3O6. The van der Waals surface area contributed by atoms with Crippen LogP contribution in [0.15, 0.2) is 22.6 Å². The number of benzene rings is 1. The molecule has 1 atom stereocenters. The highest BCUT2D eigenvalue weighted by molar-refractivity contribution is 5.76. The predicted octanol–water partition coefficient (Wildman–Crippen LogP) is 3.12. The summed E-state index contributed by atoms with van der Waals surface area (Å²) in [5, 5.41) is 10.8. The Hall–Kier alpha value is -2.84. The minimum Gasteiger partial charge on any atom is -0.445 e. The van der Waals surface area contributed by atoms with Crippen molar-refractivity contribution in [3.8, 4) is 6.08 Å². The Labute approximate surface area is 143 Å². The quantitative estimate of drug-likeness (QED) is 0.618. The van der Waals surface area contributed by atoms with Gasteiger partial charge in [-0.05, 0) is 26.8 Å². The number of hydrogen-bond acceptors (Lipinski definition) is 7. The molecule has 134 valence electrons. The SMILES string of the molecule is CC(C)(C)OC(=O)N1CC[C@@H](Oc2nc3cc([N+](=O)[O-])ccc3o2)C1. The fraction of sp³-hybridized carbons (Fsp3) is 0.500. The van der Waals surface area contributed by atoms with E-state index < -0.39 is 10.5 Å². The number of non-ortho nitro benzene ring substituents is 1. The van der Waals surface area contributed by atoms with Crippen LogP contribution in [0.5, 0.6) is 6.08 Å². The van der Waals surface area contributed by atoms with E-state index in [-0.39, 0.29) is 24.0 Å². The molecule has 0 aliphatic carbocycles. The van der Waals surface area contributed by atoms with E-state index in [0.717, 1.165) is 0 Å². The molecule has 1 aliphatic rings. The van der Waals surface area contributed by atoms with Gasteiger partial charge in [-0.3, -0.25) is 10.1 Å². The van der Waals surface area contributed by atoms with Crippen molar-refractivity contribution in [1.29, 1.82) is 0 Å². The molecule has 0 radical (unpaired) electrons. The molecule has 1 aromatic carbocycles. The van der Waals surface area contributed by atoms with Crippen molar-refractivity contribution in [2.24, 2.45) is 0 Å². The lowest BCUT2D eigenvalue weighted by molar-refractivity contribution is -0.384. The lowest BCUT2D eigenvalue weighted by Crippen LogP contribution is -2.36. The van der Waals surface area contributed by atoms with Crippen molar-refractivity contribution in [2.45, 2.75) is 38.9 Å². The smallest absolute Gasteiger partial charge is 0.410 e. The average Bonchev–Trinajstić information content (AvgIpc) is 3.11. The molecule has 25 heavy (non-hydrogen) atoms. The summed E-state index contributed by atoms with van der Waals surface area (Å²) < 4.78 is 16.5. The van der Waals surface area contributed by atoms with Crippen LogP contribution in [0.4, 0.5) is 10.5 Å². The van der Waals surface area contributed by atoms with Gasteiger partial charge in [0.25, 0.3) is 5.69 Å². The van der Waals surface area contributed by atoms with Gasteiger partial charge in [-0.15, -0.1) is 0 Å². The summed E-state index contributed by atoms with van der Waals surface area (Å²) in [7, 11) is 0. The molecule has 1 aliphatic heterocycles. The Kier molecular flexibility index (Phi) is 4.23. The van der Waals surface area contributed by atoms with Gasteiger partial charge < -0.3 is 18.8 Å². The van der Waals surface area contributed by atoms with Crippen molar-refractivity contribution in [3.63, 3.8) is 0 Å². The first kappa shape index (κ1) is 17.0. The molecule has 9 nitrogen and oxygen atoms in total. The number of fused-ring (bicyclic) bond motifs is 1. The van der Waals surface area contributed by atoms with E-state index in [1.165, 1.54) is 18.2 Å². The molecular weight excluding hydrogens is 330 g/mol. The fourth-order valence-corrected chi connectivity index (χ4v) is 2.52. The Morgan fingerprint density at radius 2 is 2.20 bits per heavy atom. The first-order chi connectivity index (χ1) is 11.7. The number of nitro benzene ring substituents is 1. The second-order valence-corrected chi connectivity index (χ2v) is 6.84. The summed E-state index contributed by atoms with van der Waals surface area (Å²) in [6.07, 6.45) is 0.00637. The van der Waals surface area contributed by atoms with Crippen molar-refractivity contribution in [2.75, 3.05) is 13.1 Å². The van der Waals surface area contributed by atoms with E-state index in [1.807, 2.05) is 20.8 Å².